The van der Waals surface area contributed by atoms with Gasteiger partial charge in [-0.1, -0.05) is 150 Å². The highest BCUT2D eigenvalue weighted by Crippen LogP contribution is 2.46. The Morgan fingerprint density at radius 1 is 0.359 bits per heavy atom. The van der Waals surface area contributed by atoms with Gasteiger partial charge in [0.2, 0.25) is 0 Å². The molecule has 2 heterocycles. The van der Waals surface area contributed by atoms with Crippen LogP contribution in [0.15, 0.2) is 176 Å². The minimum Gasteiger partial charge on any atom is -0.308 e. The fourth-order valence-electron chi connectivity index (χ4n) is 12.2. The molecule has 78 heavy (non-hydrogen) atoms. The molecule has 0 amide bonds. The van der Waals surface area contributed by atoms with Crippen LogP contribution >= 0.6 is 0 Å². The second-order valence-electron chi connectivity index (χ2n) is 21.2. The number of halogens is 3. The lowest BCUT2D eigenvalue weighted by molar-refractivity contribution is -0.137. The number of fused-ring (bicyclic) bond motifs is 6. The predicted octanol–water partition coefficient (Wildman–Crippen LogP) is 19.4. The zero-order valence-electron chi connectivity index (χ0n) is 44.7. The van der Waals surface area contributed by atoms with Crippen LogP contribution in [0.3, 0.4) is 0 Å². The third-order valence-electron chi connectivity index (χ3n) is 15.8. The van der Waals surface area contributed by atoms with E-state index in [1.54, 1.807) is 12.1 Å². The number of nitriles is 2. The van der Waals surface area contributed by atoms with Crippen molar-refractivity contribution in [1.82, 2.24) is 9.13 Å². The van der Waals surface area contributed by atoms with Crippen molar-refractivity contribution in [1.29, 1.82) is 10.5 Å². The van der Waals surface area contributed by atoms with E-state index in [2.05, 4.69) is 222 Å². The topological polar surface area (TPSA) is 57.4 Å². The van der Waals surface area contributed by atoms with E-state index in [4.69, 9.17) is 0 Å². The Morgan fingerprint density at radius 3 is 0.974 bits per heavy atom. The van der Waals surface area contributed by atoms with Crippen LogP contribution in [0.2, 0.25) is 0 Å². The summed E-state index contributed by atoms with van der Waals surface area (Å²) in [5.41, 5.74) is 19.7. The summed E-state index contributed by atoms with van der Waals surface area (Å²) in [5, 5.41) is 26.5. The second kappa shape index (κ2) is 18.7. The molecule has 0 unspecified atom stereocenters. The normalized spacial score (nSPS) is 11.8. The van der Waals surface area contributed by atoms with Crippen molar-refractivity contribution in [3.05, 3.63) is 237 Å². The highest BCUT2D eigenvalue weighted by Gasteiger charge is 2.36. The maximum Gasteiger partial charge on any atom is 0.417 e. The molecule has 0 bridgehead atoms. The molecule has 0 saturated carbocycles. The van der Waals surface area contributed by atoms with Gasteiger partial charge in [-0.25, -0.2) is 0 Å². The SMILES string of the molecule is Cc1ccc(-c2ccc3c4ccc(-c5ccc(C)cc5C)cc4n(-c4cc(-c5c(C#N)cccc5C(F)(F)F)cc(-n5c6cc(-c7ccc(C)cc7C)ccc6c6ccc(-c7ccc(C)cc7C)cc65)c4C#N)c3c2)c(C)c1. The molecular formula is C71H53F3N4. The van der Waals surface area contributed by atoms with Gasteiger partial charge in [-0.05, 0) is 176 Å². The van der Waals surface area contributed by atoms with Crippen molar-refractivity contribution in [2.45, 2.75) is 61.6 Å². The van der Waals surface area contributed by atoms with E-state index in [1.807, 2.05) is 0 Å². The lowest BCUT2D eigenvalue weighted by Crippen LogP contribution is -2.10. The monoisotopic (exact) mass is 1020 g/mol. The first kappa shape index (κ1) is 49.4. The van der Waals surface area contributed by atoms with Crippen LogP contribution in [0.5, 0.6) is 0 Å². The molecule has 0 saturated heterocycles. The predicted molar refractivity (Wildman–Crippen MR) is 315 cm³/mol. The van der Waals surface area contributed by atoms with Gasteiger partial charge in [-0.3, -0.25) is 0 Å². The van der Waals surface area contributed by atoms with Crippen LogP contribution in [0.25, 0.3) is 111 Å². The fraction of sp³-hybridized carbons (Fsp3) is 0.127. The average Bonchev–Trinajstić information content (AvgIpc) is 4.08. The molecule has 2 aromatic heterocycles. The van der Waals surface area contributed by atoms with Gasteiger partial charge < -0.3 is 9.13 Å². The number of aromatic nitrogens is 2. The van der Waals surface area contributed by atoms with Gasteiger partial charge >= 0.3 is 6.18 Å². The number of hydrogen-bond acceptors (Lipinski definition) is 2. The highest BCUT2D eigenvalue weighted by molar-refractivity contribution is 6.13. The molecule has 0 aliphatic carbocycles. The number of rotatable bonds is 7. The van der Waals surface area contributed by atoms with Gasteiger partial charge in [-0.15, -0.1) is 0 Å². The maximum atomic E-state index is 15.7. The van der Waals surface area contributed by atoms with E-state index in [0.29, 0.717) is 11.4 Å². The zero-order chi connectivity index (χ0) is 54.5. The standard InChI is InChI=1S/C71H53F3N4/c1-40-12-20-54(44(5)28-40)48-16-24-58-59-25-17-49(55-21-13-41(2)29-45(55)6)33-65(59)77(64(58)32-48)68-36-53(70-52(38-75)10-9-11-63(70)71(72,73)74)37-69(62(68)39-76)78-66-34-50(56-22-14-42(3)30-46(56)7)18-26-60(66)61-27-19-51(35-67(61)78)57-23-15-43(4)31-47(57)8/h9-37H,1-8H3. The summed E-state index contributed by atoms with van der Waals surface area (Å²) in [6.45, 7) is 16.6. The Balaban J connectivity index is 1.28. The lowest BCUT2D eigenvalue weighted by Gasteiger charge is -2.21. The molecule has 378 valence electrons. The molecule has 0 aliphatic heterocycles. The van der Waals surface area contributed by atoms with Crippen LogP contribution in [-0.2, 0) is 6.18 Å². The van der Waals surface area contributed by atoms with Gasteiger partial charge in [0.25, 0.3) is 0 Å². The first-order chi connectivity index (χ1) is 37.5. The summed E-state index contributed by atoms with van der Waals surface area (Å²) in [5.74, 6) is 0. The summed E-state index contributed by atoms with van der Waals surface area (Å²) < 4.78 is 51.1. The minimum absolute atomic E-state index is 0.139. The Hall–Kier alpha value is -9.43. The number of hydrogen-bond donors (Lipinski definition) is 0. The van der Waals surface area contributed by atoms with Gasteiger partial charge in [0.15, 0.2) is 0 Å². The number of alkyl halides is 3. The quantitative estimate of drug-likeness (QED) is 0.160. The van der Waals surface area contributed by atoms with Gasteiger partial charge in [-0.2, -0.15) is 23.7 Å². The summed E-state index contributed by atoms with van der Waals surface area (Å²) in [4.78, 5) is 0. The largest absolute Gasteiger partial charge is 0.417 e. The zero-order valence-corrected chi connectivity index (χ0v) is 44.7. The van der Waals surface area contributed by atoms with E-state index in [0.717, 1.165) is 139 Å². The molecule has 0 fully saturated rings. The number of benzene rings is 10. The molecule has 12 rings (SSSR count). The Kier molecular flexibility index (Phi) is 11.8. The van der Waals surface area contributed by atoms with Crippen molar-refractivity contribution >= 4 is 43.6 Å². The maximum absolute atomic E-state index is 15.7. The third kappa shape index (κ3) is 8.22. The summed E-state index contributed by atoms with van der Waals surface area (Å²) in [6.07, 6.45) is -4.83. The second-order valence-corrected chi connectivity index (χ2v) is 21.2. The van der Waals surface area contributed by atoms with Crippen molar-refractivity contribution in [2.24, 2.45) is 0 Å². The molecule has 0 aliphatic rings. The van der Waals surface area contributed by atoms with Gasteiger partial charge in [0.1, 0.15) is 11.6 Å². The van der Waals surface area contributed by atoms with Crippen molar-refractivity contribution < 1.29 is 13.2 Å². The number of nitrogens with zero attached hydrogens (tertiary/aromatic N) is 4. The molecule has 10 aromatic carbocycles. The fourth-order valence-corrected chi connectivity index (χ4v) is 12.2. The smallest absolute Gasteiger partial charge is 0.308 e. The summed E-state index contributed by atoms with van der Waals surface area (Å²) >= 11 is 0. The van der Waals surface area contributed by atoms with E-state index >= 15 is 13.2 Å². The first-order valence-corrected chi connectivity index (χ1v) is 26.2. The van der Waals surface area contributed by atoms with Crippen LogP contribution in [0.1, 0.15) is 61.2 Å². The van der Waals surface area contributed by atoms with Crippen LogP contribution in [0.4, 0.5) is 13.2 Å². The Labute approximate surface area is 452 Å². The van der Waals surface area contributed by atoms with Crippen LogP contribution in [0, 0.1) is 78.1 Å². The van der Waals surface area contributed by atoms with Crippen LogP contribution < -0.4 is 0 Å². The molecule has 0 spiro atoms. The summed E-state index contributed by atoms with van der Waals surface area (Å²) in [7, 11) is 0. The lowest BCUT2D eigenvalue weighted by atomic mass is 9.92. The molecule has 0 radical (unpaired) electrons. The van der Waals surface area contributed by atoms with E-state index in [-0.39, 0.29) is 22.3 Å². The van der Waals surface area contributed by atoms with Gasteiger partial charge in [0, 0.05) is 27.1 Å². The van der Waals surface area contributed by atoms with Crippen LogP contribution in [-0.4, -0.2) is 9.13 Å². The Bertz CT molecular complexity index is 4140. The minimum atomic E-state index is -4.83. The third-order valence-corrected chi connectivity index (χ3v) is 15.8. The molecule has 0 N–H and O–H groups in total. The molecule has 7 heteroatoms. The highest BCUT2D eigenvalue weighted by atomic mass is 19.4. The Morgan fingerprint density at radius 2 is 0.692 bits per heavy atom. The van der Waals surface area contributed by atoms with E-state index in [9.17, 15) is 10.5 Å². The molecule has 0 atom stereocenters. The number of aryl methyl sites for hydroxylation is 8. The van der Waals surface area contributed by atoms with Gasteiger partial charge in [0.05, 0.1) is 50.6 Å². The molecule has 4 nitrogen and oxygen atoms in total. The van der Waals surface area contributed by atoms with Crippen molar-refractivity contribution in [3.8, 4) is 79.1 Å². The van der Waals surface area contributed by atoms with E-state index < -0.39 is 11.7 Å². The average molecular weight is 1020 g/mol. The molecular weight excluding hydrogens is 966 g/mol. The molecule has 12 aromatic rings. The van der Waals surface area contributed by atoms with Crippen molar-refractivity contribution in [2.75, 3.05) is 0 Å². The first-order valence-electron chi connectivity index (χ1n) is 26.2. The summed E-state index contributed by atoms with van der Waals surface area (Å²) in [6, 6.07) is 62.8. The van der Waals surface area contributed by atoms with E-state index in [1.165, 1.54) is 12.1 Å². The van der Waals surface area contributed by atoms with Crippen molar-refractivity contribution in [3.63, 3.8) is 0 Å².